The van der Waals surface area contributed by atoms with Gasteiger partial charge in [-0.15, -0.1) is 11.3 Å². The molecular formula is C25H28FN3OS. The van der Waals surface area contributed by atoms with Gasteiger partial charge in [0.1, 0.15) is 5.82 Å². The number of urea groups is 1. The van der Waals surface area contributed by atoms with Crippen LogP contribution in [0.2, 0.25) is 0 Å². The van der Waals surface area contributed by atoms with E-state index in [1.807, 2.05) is 12.3 Å². The molecule has 0 atom stereocenters. The Labute approximate surface area is 187 Å². The Bertz CT molecular complexity index is 994. The number of amides is 2. The van der Waals surface area contributed by atoms with E-state index in [2.05, 4.69) is 29.6 Å². The quantitative estimate of drug-likeness (QED) is 0.435. The highest BCUT2D eigenvalue weighted by Crippen LogP contribution is 2.34. The molecule has 1 N–H and O–H groups in total. The van der Waals surface area contributed by atoms with Crippen LogP contribution in [0.15, 0.2) is 53.9 Å². The number of rotatable bonds is 6. The molecule has 1 heterocycles. The number of carbonyl (C=O) groups excluding carboxylic acids is 1. The zero-order valence-electron chi connectivity index (χ0n) is 17.8. The highest BCUT2D eigenvalue weighted by atomic mass is 32.1. The SMILES string of the molecule is CCCN(C(=O)Nc1ccc(F)cc1)c1nc(-c2ccc(C3CCCCC3)cc2)cs1. The summed E-state index contributed by atoms with van der Waals surface area (Å²) in [5.41, 5.74) is 3.93. The first-order chi connectivity index (χ1) is 15.1. The van der Waals surface area contributed by atoms with E-state index in [1.165, 1.54) is 61.1 Å². The van der Waals surface area contributed by atoms with Gasteiger partial charge in [-0.1, -0.05) is 50.5 Å². The van der Waals surface area contributed by atoms with Crippen molar-refractivity contribution in [1.29, 1.82) is 0 Å². The Balaban J connectivity index is 1.48. The molecule has 1 aliphatic carbocycles. The van der Waals surface area contributed by atoms with Crippen LogP contribution in [-0.4, -0.2) is 17.6 Å². The van der Waals surface area contributed by atoms with E-state index in [9.17, 15) is 9.18 Å². The molecule has 1 fully saturated rings. The summed E-state index contributed by atoms with van der Waals surface area (Å²) in [6, 6.07) is 14.3. The van der Waals surface area contributed by atoms with Gasteiger partial charge in [0.25, 0.3) is 0 Å². The first-order valence-corrected chi connectivity index (χ1v) is 11.9. The van der Waals surface area contributed by atoms with Crippen LogP contribution in [0.3, 0.4) is 0 Å². The van der Waals surface area contributed by atoms with Crippen LogP contribution in [0.25, 0.3) is 11.3 Å². The van der Waals surface area contributed by atoms with Gasteiger partial charge in [0.15, 0.2) is 5.13 Å². The maximum atomic E-state index is 13.1. The second-order valence-electron chi connectivity index (χ2n) is 8.06. The van der Waals surface area contributed by atoms with Crippen molar-refractivity contribution in [2.75, 3.05) is 16.8 Å². The van der Waals surface area contributed by atoms with E-state index in [1.54, 1.807) is 17.0 Å². The number of halogens is 1. The lowest BCUT2D eigenvalue weighted by atomic mass is 9.84. The molecule has 0 unspecified atom stereocenters. The number of aromatic nitrogens is 1. The molecule has 2 aromatic carbocycles. The number of hydrogen-bond acceptors (Lipinski definition) is 3. The summed E-state index contributed by atoms with van der Waals surface area (Å²) in [5.74, 6) is 0.353. The molecule has 0 spiro atoms. The maximum Gasteiger partial charge on any atom is 0.328 e. The van der Waals surface area contributed by atoms with Gasteiger partial charge in [-0.2, -0.15) is 0 Å². The molecule has 4 rings (SSSR count). The van der Waals surface area contributed by atoms with Crippen molar-refractivity contribution in [3.63, 3.8) is 0 Å². The Morgan fingerprint density at radius 3 is 2.48 bits per heavy atom. The zero-order valence-corrected chi connectivity index (χ0v) is 18.6. The van der Waals surface area contributed by atoms with Gasteiger partial charge in [0.05, 0.1) is 5.69 Å². The monoisotopic (exact) mass is 437 g/mol. The van der Waals surface area contributed by atoms with Crippen LogP contribution < -0.4 is 10.2 Å². The Kier molecular flexibility index (Phi) is 6.97. The van der Waals surface area contributed by atoms with E-state index in [0.29, 0.717) is 23.3 Å². The molecule has 4 nitrogen and oxygen atoms in total. The van der Waals surface area contributed by atoms with Crippen molar-refractivity contribution < 1.29 is 9.18 Å². The standard InChI is InChI=1S/C25H28FN3OS/c1-2-16-29(24(30)27-22-14-12-21(26)13-15-22)25-28-23(17-31-25)20-10-8-19(9-11-20)18-6-4-3-5-7-18/h8-15,17-18H,2-7,16H2,1H3,(H,27,30). The van der Waals surface area contributed by atoms with E-state index < -0.39 is 0 Å². The number of nitrogens with one attached hydrogen (secondary N) is 1. The van der Waals surface area contributed by atoms with Crippen molar-refractivity contribution in [2.45, 2.75) is 51.4 Å². The fraction of sp³-hybridized carbons (Fsp3) is 0.360. The third kappa shape index (κ3) is 5.31. The molecule has 1 saturated carbocycles. The van der Waals surface area contributed by atoms with Crippen LogP contribution in [0.5, 0.6) is 0 Å². The van der Waals surface area contributed by atoms with Crippen LogP contribution >= 0.6 is 11.3 Å². The molecule has 0 radical (unpaired) electrons. The fourth-order valence-corrected chi connectivity index (χ4v) is 4.97. The van der Waals surface area contributed by atoms with Crippen molar-refractivity contribution in [2.24, 2.45) is 0 Å². The fourth-order valence-electron chi connectivity index (χ4n) is 4.11. The number of thiazole rings is 1. The smallest absolute Gasteiger partial charge is 0.307 e. The van der Waals surface area contributed by atoms with Crippen molar-refractivity contribution in [3.8, 4) is 11.3 Å². The average molecular weight is 438 g/mol. The van der Waals surface area contributed by atoms with Crippen LogP contribution in [0.4, 0.5) is 20.0 Å². The molecule has 1 aromatic heterocycles. The summed E-state index contributed by atoms with van der Waals surface area (Å²) >= 11 is 1.46. The second-order valence-corrected chi connectivity index (χ2v) is 8.90. The highest BCUT2D eigenvalue weighted by Gasteiger charge is 2.20. The van der Waals surface area contributed by atoms with Gasteiger partial charge in [0, 0.05) is 23.2 Å². The molecule has 6 heteroatoms. The number of nitrogens with zero attached hydrogens (tertiary/aromatic N) is 2. The largest absolute Gasteiger partial charge is 0.328 e. The van der Waals surface area contributed by atoms with Crippen LogP contribution in [0.1, 0.15) is 56.9 Å². The highest BCUT2D eigenvalue weighted by molar-refractivity contribution is 7.14. The van der Waals surface area contributed by atoms with Crippen LogP contribution in [-0.2, 0) is 0 Å². The number of benzene rings is 2. The Morgan fingerprint density at radius 2 is 1.81 bits per heavy atom. The third-order valence-electron chi connectivity index (χ3n) is 5.79. The second kappa shape index (κ2) is 10.1. The molecular weight excluding hydrogens is 409 g/mol. The van der Waals surface area contributed by atoms with Crippen molar-refractivity contribution in [1.82, 2.24) is 4.98 Å². The lowest BCUT2D eigenvalue weighted by Gasteiger charge is -2.22. The molecule has 3 aromatic rings. The summed E-state index contributed by atoms with van der Waals surface area (Å²) in [5, 5.41) is 5.49. The summed E-state index contributed by atoms with van der Waals surface area (Å²) in [4.78, 5) is 19.2. The van der Waals surface area contributed by atoms with Gasteiger partial charge < -0.3 is 5.32 Å². The summed E-state index contributed by atoms with van der Waals surface area (Å²) in [7, 11) is 0. The van der Waals surface area contributed by atoms with Gasteiger partial charge in [0.2, 0.25) is 0 Å². The third-order valence-corrected chi connectivity index (χ3v) is 6.66. The van der Waals surface area contributed by atoms with E-state index in [4.69, 9.17) is 4.98 Å². The lowest BCUT2D eigenvalue weighted by Crippen LogP contribution is -2.35. The molecule has 0 saturated heterocycles. The van der Waals surface area contributed by atoms with Crippen molar-refractivity contribution in [3.05, 3.63) is 65.3 Å². The predicted octanol–water partition coefficient (Wildman–Crippen LogP) is 7.45. The average Bonchev–Trinajstić information content (AvgIpc) is 3.29. The lowest BCUT2D eigenvalue weighted by molar-refractivity contribution is 0.257. The van der Waals surface area contributed by atoms with E-state index >= 15 is 0 Å². The van der Waals surface area contributed by atoms with Gasteiger partial charge >= 0.3 is 6.03 Å². The number of hydrogen-bond donors (Lipinski definition) is 1. The van der Waals surface area contributed by atoms with Gasteiger partial charge in [-0.25, -0.2) is 14.2 Å². The first kappa shape index (κ1) is 21.5. The Morgan fingerprint density at radius 1 is 1.10 bits per heavy atom. The van der Waals surface area contributed by atoms with E-state index in [0.717, 1.165) is 17.7 Å². The molecule has 31 heavy (non-hydrogen) atoms. The molecule has 162 valence electrons. The minimum Gasteiger partial charge on any atom is -0.307 e. The Hall–Kier alpha value is -2.73. The van der Waals surface area contributed by atoms with Gasteiger partial charge in [-0.05, 0) is 55.0 Å². The molecule has 1 aliphatic rings. The van der Waals surface area contributed by atoms with Crippen molar-refractivity contribution >= 4 is 28.2 Å². The zero-order chi connectivity index (χ0) is 21.6. The van der Waals surface area contributed by atoms with Gasteiger partial charge in [-0.3, -0.25) is 4.90 Å². The number of carbonyl (C=O) groups is 1. The van der Waals surface area contributed by atoms with E-state index in [-0.39, 0.29) is 11.8 Å². The van der Waals surface area contributed by atoms with Crippen LogP contribution in [0, 0.1) is 5.82 Å². The maximum absolute atomic E-state index is 13.1. The first-order valence-electron chi connectivity index (χ1n) is 11.0. The predicted molar refractivity (Wildman–Crippen MR) is 126 cm³/mol. The molecule has 0 bridgehead atoms. The normalized spacial score (nSPS) is 14.4. The number of anilines is 2. The summed E-state index contributed by atoms with van der Waals surface area (Å²) in [6.07, 6.45) is 7.40. The minimum atomic E-state index is -0.331. The minimum absolute atomic E-state index is 0.262. The molecule has 0 aliphatic heterocycles. The summed E-state index contributed by atoms with van der Waals surface area (Å²) < 4.78 is 13.1. The summed E-state index contributed by atoms with van der Waals surface area (Å²) in [6.45, 7) is 2.58. The topological polar surface area (TPSA) is 45.2 Å². The molecule has 2 amide bonds.